The Kier molecular flexibility index (Phi) is 8.66. The highest BCUT2D eigenvalue weighted by molar-refractivity contribution is 5.88. The first-order valence-electron chi connectivity index (χ1n) is 8.03. The Labute approximate surface area is 144 Å². The number of halogens is 1. The summed E-state index contributed by atoms with van der Waals surface area (Å²) >= 11 is 0. The number of nitrogens with one attached hydrogen (secondary N) is 2. The van der Waals surface area contributed by atoms with Gasteiger partial charge in [0.05, 0.1) is 12.5 Å². The second kappa shape index (κ2) is 10.2. The van der Waals surface area contributed by atoms with Gasteiger partial charge in [-0.1, -0.05) is 37.3 Å². The molecule has 0 saturated carbocycles. The minimum absolute atomic E-state index is 0. The zero-order chi connectivity index (χ0) is 15.8. The van der Waals surface area contributed by atoms with Crippen LogP contribution in [0.2, 0.25) is 0 Å². The first kappa shape index (κ1) is 19.5. The zero-order valence-corrected chi connectivity index (χ0v) is 14.4. The lowest BCUT2D eigenvalue weighted by atomic mass is 10.1. The van der Waals surface area contributed by atoms with Gasteiger partial charge in [-0.25, -0.2) is 0 Å². The molecule has 1 fully saturated rings. The predicted octanol–water partition coefficient (Wildman–Crippen LogP) is 1.37. The predicted molar refractivity (Wildman–Crippen MR) is 93.7 cm³/mol. The lowest BCUT2D eigenvalue weighted by molar-refractivity contribution is -0.138. The van der Waals surface area contributed by atoms with Gasteiger partial charge in [0.2, 0.25) is 11.8 Å². The maximum atomic E-state index is 12.2. The van der Waals surface area contributed by atoms with Crippen molar-refractivity contribution in [2.45, 2.75) is 32.2 Å². The van der Waals surface area contributed by atoms with Crippen molar-refractivity contribution in [3.8, 4) is 0 Å². The van der Waals surface area contributed by atoms with Gasteiger partial charge in [-0.05, 0) is 18.4 Å². The fraction of sp³-hybridized carbons (Fsp3) is 0.529. The summed E-state index contributed by atoms with van der Waals surface area (Å²) in [6.45, 7) is 4.92. The molecule has 1 aromatic rings. The van der Waals surface area contributed by atoms with Gasteiger partial charge in [-0.2, -0.15) is 0 Å². The van der Waals surface area contributed by atoms with Crippen LogP contribution in [0.3, 0.4) is 0 Å². The van der Waals surface area contributed by atoms with Crippen LogP contribution in [-0.2, 0) is 16.0 Å². The Morgan fingerprint density at radius 1 is 1.35 bits per heavy atom. The third-order valence-electron chi connectivity index (χ3n) is 3.84. The number of benzene rings is 1. The Morgan fingerprint density at radius 2 is 2.09 bits per heavy atom. The second-order valence-corrected chi connectivity index (χ2v) is 5.62. The highest BCUT2D eigenvalue weighted by Gasteiger charge is 2.29. The largest absolute Gasteiger partial charge is 0.356 e. The number of carbonyl (C=O) groups is 2. The summed E-state index contributed by atoms with van der Waals surface area (Å²) in [5, 5.41) is 6.04. The van der Waals surface area contributed by atoms with Crippen molar-refractivity contribution < 1.29 is 9.59 Å². The van der Waals surface area contributed by atoms with E-state index in [0.29, 0.717) is 6.54 Å². The highest BCUT2D eigenvalue weighted by Crippen LogP contribution is 2.06. The van der Waals surface area contributed by atoms with E-state index in [2.05, 4.69) is 17.6 Å². The van der Waals surface area contributed by atoms with Gasteiger partial charge in [0.1, 0.15) is 0 Å². The number of hydrogen-bond donors (Lipinski definition) is 2. The Morgan fingerprint density at radius 3 is 2.78 bits per heavy atom. The summed E-state index contributed by atoms with van der Waals surface area (Å²) in [6, 6.07) is 9.66. The molecule has 2 rings (SSSR count). The topological polar surface area (TPSA) is 61.4 Å². The SMILES string of the molecule is CCCN1CCNC(CC(=O)NCCc2ccccc2)C1=O.Cl. The van der Waals surface area contributed by atoms with Crippen LogP contribution in [-0.4, -0.2) is 48.9 Å². The van der Waals surface area contributed by atoms with Crippen molar-refractivity contribution in [2.75, 3.05) is 26.2 Å². The van der Waals surface area contributed by atoms with Crippen molar-refractivity contribution in [3.63, 3.8) is 0 Å². The highest BCUT2D eigenvalue weighted by atomic mass is 35.5. The number of carbonyl (C=O) groups excluding carboxylic acids is 2. The quantitative estimate of drug-likeness (QED) is 0.788. The standard InChI is InChI=1S/C17H25N3O2.ClH/c1-2-11-20-12-10-18-15(17(20)22)13-16(21)19-9-8-14-6-4-3-5-7-14;/h3-7,15,18H,2,8-13H2,1H3,(H,19,21);1H. The molecule has 1 unspecified atom stereocenters. The van der Waals surface area contributed by atoms with Crippen LogP contribution in [0.15, 0.2) is 30.3 Å². The molecule has 0 bridgehead atoms. The van der Waals surface area contributed by atoms with Crippen molar-refractivity contribution in [1.82, 2.24) is 15.5 Å². The molecule has 1 aliphatic rings. The monoisotopic (exact) mass is 339 g/mol. The van der Waals surface area contributed by atoms with Crippen LogP contribution in [0, 0.1) is 0 Å². The van der Waals surface area contributed by atoms with Crippen LogP contribution in [0.25, 0.3) is 0 Å². The third-order valence-corrected chi connectivity index (χ3v) is 3.84. The molecule has 5 nitrogen and oxygen atoms in total. The molecule has 0 aliphatic carbocycles. The van der Waals surface area contributed by atoms with Crippen molar-refractivity contribution in [1.29, 1.82) is 0 Å². The maximum absolute atomic E-state index is 12.2. The van der Waals surface area contributed by atoms with E-state index in [-0.39, 0.29) is 36.7 Å². The number of nitrogens with zero attached hydrogens (tertiary/aromatic N) is 1. The van der Waals surface area contributed by atoms with Crippen molar-refractivity contribution >= 4 is 24.2 Å². The summed E-state index contributed by atoms with van der Waals surface area (Å²) in [6.07, 6.45) is 1.97. The van der Waals surface area contributed by atoms with Gasteiger partial charge in [0.15, 0.2) is 0 Å². The number of hydrogen-bond acceptors (Lipinski definition) is 3. The lowest BCUT2D eigenvalue weighted by Gasteiger charge is -2.32. The first-order valence-corrected chi connectivity index (χ1v) is 8.03. The third kappa shape index (κ3) is 6.20. The van der Waals surface area contributed by atoms with Gasteiger partial charge >= 0.3 is 0 Å². The van der Waals surface area contributed by atoms with Gasteiger partial charge in [-0.3, -0.25) is 9.59 Å². The maximum Gasteiger partial charge on any atom is 0.240 e. The fourth-order valence-corrected chi connectivity index (χ4v) is 2.69. The summed E-state index contributed by atoms with van der Waals surface area (Å²) in [5.74, 6) is -0.0218. The average molecular weight is 340 g/mol. The van der Waals surface area contributed by atoms with E-state index in [1.54, 1.807) is 0 Å². The van der Waals surface area contributed by atoms with Crippen molar-refractivity contribution in [2.24, 2.45) is 0 Å². The Hall–Kier alpha value is -1.59. The second-order valence-electron chi connectivity index (χ2n) is 5.62. The van der Waals surface area contributed by atoms with Crippen LogP contribution in [0.5, 0.6) is 0 Å². The molecular formula is C17H26ClN3O2. The van der Waals surface area contributed by atoms with Gasteiger partial charge < -0.3 is 15.5 Å². The molecule has 23 heavy (non-hydrogen) atoms. The van der Waals surface area contributed by atoms with E-state index in [1.807, 2.05) is 35.2 Å². The molecule has 1 heterocycles. The van der Waals surface area contributed by atoms with Crippen LogP contribution >= 0.6 is 12.4 Å². The van der Waals surface area contributed by atoms with Gasteiger partial charge in [0.25, 0.3) is 0 Å². The summed E-state index contributed by atoms with van der Waals surface area (Å²) in [5.41, 5.74) is 1.20. The molecule has 1 aromatic carbocycles. The molecule has 0 spiro atoms. The average Bonchev–Trinajstić information content (AvgIpc) is 2.52. The van der Waals surface area contributed by atoms with Gasteiger partial charge in [-0.15, -0.1) is 12.4 Å². The van der Waals surface area contributed by atoms with Crippen molar-refractivity contribution in [3.05, 3.63) is 35.9 Å². The van der Waals surface area contributed by atoms with Crippen LogP contribution in [0.1, 0.15) is 25.3 Å². The van der Waals surface area contributed by atoms with E-state index in [4.69, 9.17) is 0 Å². The lowest BCUT2D eigenvalue weighted by Crippen LogP contribution is -2.56. The van der Waals surface area contributed by atoms with E-state index >= 15 is 0 Å². The van der Waals surface area contributed by atoms with E-state index in [0.717, 1.165) is 32.5 Å². The van der Waals surface area contributed by atoms with Gasteiger partial charge in [0, 0.05) is 26.2 Å². The minimum Gasteiger partial charge on any atom is -0.356 e. The number of rotatable bonds is 7. The van der Waals surface area contributed by atoms with Crippen LogP contribution < -0.4 is 10.6 Å². The first-order chi connectivity index (χ1) is 10.7. The minimum atomic E-state index is -0.378. The molecule has 128 valence electrons. The molecular weight excluding hydrogens is 314 g/mol. The molecule has 2 N–H and O–H groups in total. The summed E-state index contributed by atoms with van der Waals surface area (Å²) in [7, 11) is 0. The normalized spacial score (nSPS) is 17.5. The Balaban J connectivity index is 0.00000264. The molecule has 0 aromatic heterocycles. The fourth-order valence-electron chi connectivity index (χ4n) is 2.69. The molecule has 2 amide bonds. The smallest absolute Gasteiger partial charge is 0.240 e. The van der Waals surface area contributed by atoms with E-state index in [1.165, 1.54) is 5.56 Å². The van der Waals surface area contributed by atoms with E-state index in [9.17, 15) is 9.59 Å². The molecule has 1 aliphatic heterocycles. The molecule has 1 saturated heterocycles. The molecule has 6 heteroatoms. The molecule has 0 radical (unpaired) electrons. The number of piperazine rings is 1. The Bertz CT molecular complexity index is 494. The number of amides is 2. The zero-order valence-electron chi connectivity index (χ0n) is 13.6. The van der Waals surface area contributed by atoms with Crippen LogP contribution in [0.4, 0.5) is 0 Å². The summed E-state index contributed by atoms with van der Waals surface area (Å²) in [4.78, 5) is 26.1. The molecule has 1 atom stereocenters. The summed E-state index contributed by atoms with van der Waals surface area (Å²) < 4.78 is 0. The van der Waals surface area contributed by atoms with E-state index < -0.39 is 0 Å².